The summed E-state index contributed by atoms with van der Waals surface area (Å²) in [4.78, 5) is 12.0. The first-order chi connectivity index (χ1) is 11.2. The van der Waals surface area contributed by atoms with E-state index in [1.54, 1.807) is 24.3 Å². The van der Waals surface area contributed by atoms with E-state index in [-0.39, 0.29) is 5.91 Å². The van der Waals surface area contributed by atoms with Crippen LogP contribution < -0.4 is 20.1 Å². The highest BCUT2D eigenvalue weighted by Crippen LogP contribution is 2.32. The van der Waals surface area contributed by atoms with Crippen LogP contribution >= 0.6 is 11.6 Å². The number of carbonyl (C=O) groups excluding carboxylic acids is 1. The summed E-state index contributed by atoms with van der Waals surface area (Å²) in [6, 6.07) is 12.8. The smallest absolute Gasteiger partial charge is 0.226 e. The fourth-order valence-corrected chi connectivity index (χ4v) is 2.45. The predicted octanol–water partition coefficient (Wildman–Crippen LogP) is 3.55. The zero-order valence-corrected chi connectivity index (χ0v) is 13.2. The van der Waals surface area contributed by atoms with Gasteiger partial charge in [-0.2, -0.15) is 0 Å². The Balaban J connectivity index is 1.49. The molecule has 0 spiro atoms. The number of benzene rings is 2. The second-order valence-corrected chi connectivity index (χ2v) is 5.53. The van der Waals surface area contributed by atoms with Crippen LogP contribution in [0.3, 0.4) is 0 Å². The van der Waals surface area contributed by atoms with Crippen molar-refractivity contribution in [3.05, 3.63) is 47.5 Å². The Morgan fingerprint density at radius 3 is 2.70 bits per heavy atom. The van der Waals surface area contributed by atoms with E-state index in [9.17, 15) is 4.79 Å². The predicted molar refractivity (Wildman–Crippen MR) is 90.6 cm³/mol. The maximum Gasteiger partial charge on any atom is 0.226 e. The fourth-order valence-electron chi connectivity index (χ4n) is 2.26. The Kier molecular flexibility index (Phi) is 4.88. The minimum Gasteiger partial charge on any atom is -0.486 e. The van der Waals surface area contributed by atoms with Crippen LogP contribution in [-0.2, 0) is 4.79 Å². The van der Waals surface area contributed by atoms with Crippen LogP contribution in [0.4, 0.5) is 11.4 Å². The lowest BCUT2D eigenvalue weighted by atomic mass is 10.2. The van der Waals surface area contributed by atoms with E-state index in [0.717, 1.165) is 5.69 Å². The summed E-state index contributed by atoms with van der Waals surface area (Å²) in [5.74, 6) is 1.29. The molecule has 0 bridgehead atoms. The zero-order valence-electron chi connectivity index (χ0n) is 12.5. The van der Waals surface area contributed by atoms with Gasteiger partial charge in [0.25, 0.3) is 0 Å². The molecule has 0 saturated carbocycles. The Labute approximate surface area is 139 Å². The largest absolute Gasteiger partial charge is 0.486 e. The van der Waals surface area contributed by atoms with E-state index in [1.807, 2.05) is 18.2 Å². The maximum absolute atomic E-state index is 12.0. The maximum atomic E-state index is 12.0. The van der Waals surface area contributed by atoms with Gasteiger partial charge in [-0.15, -0.1) is 0 Å². The van der Waals surface area contributed by atoms with Crippen molar-refractivity contribution in [1.82, 2.24) is 0 Å². The van der Waals surface area contributed by atoms with Gasteiger partial charge in [0.15, 0.2) is 11.5 Å². The number of carbonyl (C=O) groups is 1. The Bertz CT molecular complexity index is 706. The summed E-state index contributed by atoms with van der Waals surface area (Å²) in [6.45, 7) is 1.60. The monoisotopic (exact) mass is 332 g/mol. The molecular formula is C17H17ClN2O3. The molecule has 5 nitrogen and oxygen atoms in total. The van der Waals surface area contributed by atoms with E-state index in [1.165, 1.54) is 0 Å². The number of amides is 1. The van der Waals surface area contributed by atoms with Gasteiger partial charge in [-0.05, 0) is 30.3 Å². The quantitative estimate of drug-likeness (QED) is 0.879. The molecule has 0 aliphatic carbocycles. The molecule has 1 aliphatic rings. The van der Waals surface area contributed by atoms with Crippen molar-refractivity contribution in [3.63, 3.8) is 0 Å². The van der Waals surface area contributed by atoms with Gasteiger partial charge in [-0.1, -0.05) is 17.7 Å². The molecule has 3 rings (SSSR count). The Morgan fingerprint density at radius 1 is 1.04 bits per heavy atom. The van der Waals surface area contributed by atoms with Crippen molar-refractivity contribution < 1.29 is 14.3 Å². The lowest BCUT2D eigenvalue weighted by Crippen LogP contribution is -2.18. The zero-order chi connectivity index (χ0) is 16.1. The van der Waals surface area contributed by atoms with Gasteiger partial charge < -0.3 is 20.1 Å². The van der Waals surface area contributed by atoms with Gasteiger partial charge in [0.05, 0.1) is 0 Å². The Morgan fingerprint density at radius 2 is 1.87 bits per heavy atom. The Hall–Kier alpha value is -2.40. The summed E-state index contributed by atoms with van der Waals surface area (Å²) in [7, 11) is 0. The number of rotatable bonds is 5. The average molecular weight is 333 g/mol. The van der Waals surface area contributed by atoms with Gasteiger partial charge in [0.2, 0.25) is 5.91 Å². The van der Waals surface area contributed by atoms with Crippen LogP contribution in [-0.4, -0.2) is 25.7 Å². The number of nitrogens with one attached hydrogen (secondary N) is 2. The second kappa shape index (κ2) is 7.24. The summed E-state index contributed by atoms with van der Waals surface area (Å²) in [5.41, 5.74) is 1.59. The van der Waals surface area contributed by atoms with Crippen molar-refractivity contribution in [3.8, 4) is 11.5 Å². The summed E-state index contributed by atoms with van der Waals surface area (Å²) >= 11 is 5.91. The summed E-state index contributed by atoms with van der Waals surface area (Å²) in [6.07, 6.45) is 0.348. The molecule has 2 N–H and O–H groups in total. The molecule has 0 saturated heterocycles. The van der Waals surface area contributed by atoms with Crippen LogP contribution in [0, 0.1) is 0 Å². The standard InChI is InChI=1S/C17H17ClN2O3/c18-12-2-1-3-13(10-12)19-7-6-17(21)20-14-4-5-15-16(11-14)23-9-8-22-15/h1-5,10-11,19H,6-9H2,(H,20,21). The summed E-state index contributed by atoms with van der Waals surface area (Å²) in [5, 5.41) is 6.67. The van der Waals surface area contributed by atoms with Crippen LogP contribution in [0.25, 0.3) is 0 Å². The molecular weight excluding hydrogens is 316 g/mol. The first kappa shape index (κ1) is 15.5. The molecule has 2 aromatic carbocycles. The molecule has 2 aromatic rings. The first-order valence-electron chi connectivity index (χ1n) is 7.40. The SMILES string of the molecule is O=C(CCNc1cccc(Cl)c1)Nc1ccc2c(c1)OCCO2. The van der Waals surface area contributed by atoms with E-state index in [0.29, 0.717) is 48.4 Å². The molecule has 0 unspecified atom stereocenters. The van der Waals surface area contributed by atoms with Crippen molar-refractivity contribution in [2.75, 3.05) is 30.4 Å². The topological polar surface area (TPSA) is 59.6 Å². The molecule has 0 atom stereocenters. The van der Waals surface area contributed by atoms with Crippen molar-refractivity contribution in [1.29, 1.82) is 0 Å². The minimum absolute atomic E-state index is 0.0730. The minimum atomic E-state index is -0.0730. The number of hydrogen-bond donors (Lipinski definition) is 2. The first-order valence-corrected chi connectivity index (χ1v) is 7.77. The molecule has 1 heterocycles. The van der Waals surface area contributed by atoms with Gasteiger partial charge >= 0.3 is 0 Å². The highest BCUT2D eigenvalue weighted by atomic mass is 35.5. The van der Waals surface area contributed by atoms with Gasteiger partial charge in [0, 0.05) is 35.4 Å². The number of fused-ring (bicyclic) bond motifs is 1. The van der Waals surface area contributed by atoms with Crippen molar-refractivity contribution in [2.24, 2.45) is 0 Å². The fraction of sp³-hybridized carbons (Fsp3) is 0.235. The lowest BCUT2D eigenvalue weighted by molar-refractivity contribution is -0.115. The van der Waals surface area contributed by atoms with Crippen LogP contribution in [0.1, 0.15) is 6.42 Å². The third kappa shape index (κ3) is 4.29. The molecule has 0 radical (unpaired) electrons. The molecule has 23 heavy (non-hydrogen) atoms. The van der Waals surface area contributed by atoms with Gasteiger partial charge in [0.1, 0.15) is 13.2 Å². The molecule has 0 fully saturated rings. The normalized spacial score (nSPS) is 12.6. The van der Waals surface area contributed by atoms with Crippen LogP contribution in [0.5, 0.6) is 11.5 Å². The van der Waals surface area contributed by atoms with Crippen LogP contribution in [0.15, 0.2) is 42.5 Å². The third-order valence-electron chi connectivity index (χ3n) is 3.33. The van der Waals surface area contributed by atoms with E-state index in [2.05, 4.69) is 10.6 Å². The average Bonchev–Trinajstić information content (AvgIpc) is 2.55. The highest BCUT2D eigenvalue weighted by molar-refractivity contribution is 6.30. The highest BCUT2D eigenvalue weighted by Gasteiger charge is 2.12. The van der Waals surface area contributed by atoms with Crippen LogP contribution in [0.2, 0.25) is 5.02 Å². The van der Waals surface area contributed by atoms with Crippen molar-refractivity contribution >= 4 is 28.9 Å². The van der Waals surface area contributed by atoms with E-state index < -0.39 is 0 Å². The number of hydrogen-bond acceptors (Lipinski definition) is 4. The molecule has 120 valence electrons. The van der Waals surface area contributed by atoms with Gasteiger partial charge in [-0.3, -0.25) is 4.79 Å². The van der Waals surface area contributed by atoms with Crippen molar-refractivity contribution in [2.45, 2.75) is 6.42 Å². The molecule has 0 aromatic heterocycles. The number of anilines is 2. The second-order valence-electron chi connectivity index (χ2n) is 5.09. The number of ether oxygens (including phenoxy) is 2. The third-order valence-corrected chi connectivity index (χ3v) is 3.57. The molecule has 6 heteroatoms. The van der Waals surface area contributed by atoms with Gasteiger partial charge in [-0.25, -0.2) is 0 Å². The molecule has 1 aliphatic heterocycles. The van der Waals surface area contributed by atoms with E-state index >= 15 is 0 Å². The summed E-state index contributed by atoms with van der Waals surface area (Å²) < 4.78 is 10.9. The molecule has 1 amide bonds. The van der Waals surface area contributed by atoms with E-state index in [4.69, 9.17) is 21.1 Å². The lowest BCUT2D eigenvalue weighted by Gasteiger charge is -2.19. The number of halogens is 1.